The molecule has 0 radical (unpaired) electrons. The van der Waals surface area contributed by atoms with Crippen LogP contribution in [0.1, 0.15) is 28.2 Å². The van der Waals surface area contributed by atoms with Crippen molar-refractivity contribution in [2.75, 3.05) is 26.2 Å². The number of nitrogens with zero attached hydrogens (tertiary/aromatic N) is 2. The Morgan fingerprint density at radius 1 is 1.35 bits per heavy atom. The first-order valence-corrected chi connectivity index (χ1v) is 8.62. The van der Waals surface area contributed by atoms with E-state index in [9.17, 15) is 9.90 Å². The van der Waals surface area contributed by atoms with E-state index in [2.05, 4.69) is 9.88 Å². The molecule has 1 fully saturated rings. The van der Waals surface area contributed by atoms with E-state index in [1.807, 2.05) is 24.3 Å². The SMILES string of the molecule is Cc1nc(-c2ccccc2OCCN2CCCC2)sc1C(=O)O. The molecule has 6 heteroatoms. The number of ether oxygens (including phenoxy) is 1. The van der Waals surface area contributed by atoms with Gasteiger partial charge in [0.2, 0.25) is 0 Å². The highest BCUT2D eigenvalue weighted by molar-refractivity contribution is 7.17. The van der Waals surface area contributed by atoms with Crippen molar-refractivity contribution in [1.29, 1.82) is 0 Å². The predicted octanol–water partition coefficient (Wildman–Crippen LogP) is 3.29. The molecule has 23 heavy (non-hydrogen) atoms. The van der Waals surface area contributed by atoms with Gasteiger partial charge in [0, 0.05) is 6.54 Å². The van der Waals surface area contributed by atoms with Crippen molar-refractivity contribution in [1.82, 2.24) is 9.88 Å². The molecule has 3 rings (SSSR count). The van der Waals surface area contributed by atoms with Gasteiger partial charge in [-0.05, 0) is 45.0 Å². The first-order chi connectivity index (χ1) is 11.1. The third-order valence-corrected chi connectivity index (χ3v) is 5.15. The Morgan fingerprint density at radius 3 is 2.78 bits per heavy atom. The molecule has 1 aliphatic rings. The van der Waals surface area contributed by atoms with Crippen LogP contribution in [0, 0.1) is 6.92 Å². The van der Waals surface area contributed by atoms with Crippen molar-refractivity contribution < 1.29 is 14.6 Å². The minimum Gasteiger partial charge on any atom is -0.492 e. The van der Waals surface area contributed by atoms with E-state index >= 15 is 0 Å². The van der Waals surface area contributed by atoms with E-state index in [4.69, 9.17) is 4.74 Å². The summed E-state index contributed by atoms with van der Waals surface area (Å²) in [6, 6.07) is 7.68. The molecule has 1 saturated heterocycles. The number of aromatic nitrogens is 1. The third-order valence-electron chi connectivity index (χ3n) is 3.97. The number of thiazole rings is 1. The minimum absolute atomic E-state index is 0.284. The number of likely N-dealkylation sites (tertiary alicyclic amines) is 1. The van der Waals surface area contributed by atoms with Crippen molar-refractivity contribution >= 4 is 17.3 Å². The number of aryl methyl sites for hydroxylation is 1. The van der Waals surface area contributed by atoms with Crippen molar-refractivity contribution in [2.24, 2.45) is 0 Å². The zero-order valence-corrected chi connectivity index (χ0v) is 13.9. The van der Waals surface area contributed by atoms with Gasteiger partial charge in [-0.25, -0.2) is 9.78 Å². The summed E-state index contributed by atoms with van der Waals surface area (Å²) in [6.07, 6.45) is 2.54. The fraction of sp³-hybridized carbons (Fsp3) is 0.412. The summed E-state index contributed by atoms with van der Waals surface area (Å²) in [6.45, 7) is 5.58. The second-order valence-electron chi connectivity index (χ2n) is 5.63. The van der Waals surface area contributed by atoms with Gasteiger partial charge < -0.3 is 9.84 Å². The summed E-state index contributed by atoms with van der Waals surface area (Å²) < 4.78 is 5.94. The largest absolute Gasteiger partial charge is 0.492 e. The number of hydrogen-bond donors (Lipinski definition) is 1. The third kappa shape index (κ3) is 3.71. The van der Waals surface area contributed by atoms with Crippen LogP contribution in [0.15, 0.2) is 24.3 Å². The molecule has 1 aromatic carbocycles. The van der Waals surface area contributed by atoms with Crippen molar-refractivity contribution in [3.05, 3.63) is 34.8 Å². The van der Waals surface area contributed by atoms with Crippen molar-refractivity contribution in [3.63, 3.8) is 0 Å². The van der Waals surface area contributed by atoms with Gasteiger partial charge in [-0.3, -0.25) is 4.90 Å². The van der Waals surface area contributed by atoms with Crippen LogP contribution < -0.4 is 4.74 Å². The normalized spacial score (nSPS) is 15.0. The monoisotopic (exact) mass is 332 g/mol. The lowest BCUT2D eigenvalue weighted by molar-refractivity contribution is 0.0701. The second kappa shape index (κ2) is 7.10. The summed E-state index contributed by atoms with van der Waals surface area (Å²) >= 11 is 1.19. The summed E-state index contributed by atoms with van der Waals surface area (Å²) in [5.41, 5.74) is 1.40. The van der Waals surface area contributed by atoms with Gasteiger partial charge in [-0.1, -0.05) is 12.1 Å². The second-order valence-corrected chi connectivity index (χ2v) is 6.63. The van der Waals surface area contributed by atoms with E-state index in [0.717, 1.165) is 30.9 Å². The van der Waals surface area contributed by atoms with E-state index in [0.29, 0.717) is 17.3 Å². The number of hydrogen-bond acceptors (Lipinski definition) is 5. The topological polar surface area (TPSA) is 62.7 Å². The summed E-state index contributed by atoms with van der Waals surface area (Å²) in [5, 5.41) is 9.88. The van der Waals surface area contributed by atoms with Gasteiger partial charge in [0.1, 0.15) is 22.2 Å². The molecule has 1 aromatic heterocycles. The first kappa shape index (κ1) is 16.0. The number of carboxylic acids is 1. The molecule has 0 atom stereocenters. The fourth-order valence-corrected chi connectivity index (χ4v) is 3.71. The van der Waals surface area contributed by atoms with Crippen molar-refractivity contribution in [2.45, 2.75) is 19.8 Å². The number of carbonyl (C=O) groups is 1. The van der Waals surface area contributed by atoms with Crippen LogP contribution in [-0.2, 0) is 0 Å². The van der Waals surface area contributed by atoms with Crippen LogP contribution in [0.25, 0.3) is 10.6 Å². The van der Waals surface area contributed by atoms with Crippen LogP contribution in [0.5, 0.6) is 5.75 Å². The van der Waals surface area contributed by atoms with Gasteiger partial charge >= 0.3 is 5.97 Å². The van der Waals surface area contributed by atoms with Crippen LogP contribution in [-0.4, -0.2) is 47.2 Å². The summed E-state index contributed by atoms with van der Waals surface area (Å²) in [5.74, 6) is -0.170. The molecular formula is C17H20N2O3S. The Hall–Kier alpha value is -1.92. The number of benzene rings is 1. The Labute approximate surface area is 139 Å². The average Bonchev–Trinajstić information content (AvgIpc) is 3.17. The quantitative estimate of drug-likeness (QED) is 0.879. The predicted molar refractivity (Wildman–Crippen MR) is 90.4 cm³/mol. The lowest BCUT2D eigenvalue weighted by Crippen LogP contribution is -2.25. The molecule has 0 amide bonds. The molecule has 0 saturated carbocycles. The molecule has 0 spiro atoms. The zero-order valence-electron chi connectivity index (χ0n) is 13.1. The lowest BCUT2D eigenvalue weighted by atomic mass is 10.2. The molecule has 2 aromatic rings. The maximum atomic E-state index is 11.2. The van der Waals surface area contributed by atoms with Gasteiger partial charge in [-0.15, -0.1) is 11.3 Å². The Bertz CT molecular complexity index is 693. The molecule has 5 nitrogen and oxygen atoms in total. The summed E-state index contributed by atoms with van der Waals surface area (Å²) in [7, 11) is 0. The Balaban J connectivity index is 1.74. The maximum Gasteiger partial charge on any atom is 0.347 e. The van der Waals surface area contributed by atoms with Gasteiger partial charge in [0.05, 0.1) is 11.3 Å². The molecule has 122 valence electrons. The molecular weight excluding hydrogens is 312 g/mol. The Kier molecular flexibility index (Phi) is 4.93. The average molecular weight is 332 g/mol. The van der Waals surface area contributed by atoms with E-state index in [1.54, 1.807) is 6.92 Å². The first-order valence-electron chi connectivity index (χ1n) is 7.80. The molecule has 2 heterocycles. The lowest BCUT2D eigenvalue weighted by Gasteiger charge is -2.16. The summed E-state index contributed by atoms with van der Waals surface area (Å²) in [4.78, 5) is 18.3. The van der Waals surface area contributed by atoms with E-state index in [1.165, 1.54) is 24.2 Å². The maximum absolute atomic E-state index is 11.2. The number of carboxylic acid groups (broad SMARTS) is 1. The molecule has 1 N–H and O–H groups in total. The highest BCUT2D eigenvalue weighted by Gasteiger charge is 2.17. The zero-order chi connectivity index (χ0) is 16.2. The van der Waals surface area contributed by atoms with Crippen molar-refractivity contribution in [3.8, 4) is 16.3 Å². The number of rotatable bonds is 6. The highest BCUT2D eigenvalue weighted by atomic mass is 32.1. The Morgan fingerprint density at radius 2 is 2.09 bits per heavy atom. The van der Waals surface area contributed by atoms with Gasteiger partial charge in [0.15, 0.2) is 0 Å². The minimum atomic E-state index is -0.932. The smallest absolute Gasteiger partial charge is 0.347 e. The van der Waals surface area contributed by atoms with Gasteiger partial charge in [0.25, 0.3) is 0 Å². The van der Waals surface area contributed by atoms with Crippen LogP contribution in [0.3, 0.4) is 0 Å². The molecule has 0 bridgehead atoms. The fourth-order valence-electron chi connectivity index (χ4n) is 2.77. The molecule has 1 aliphatic heterocycles. The number of para-hydroxylation sites is 1. The number of aromatic carboxylic acids is 1. The van der Waals surface area contributed by atoms with E-state index in [-0.39, 0.29) is 4.88 Å². The standard InChI is InChI=1S/C17H20N2O3S/c1-12-15(17(20)21)23-16(18-12)13-6-2-3-7-14(13)22-11-10-19-8-4-5-9-19/h2-3,6-7H,4-5,8-11H2,1H3,(H,20,21). The molecule has 0 unspecified atom stereocenters. The van der Waals surface area contributed by atoms with Gasteiger partial charge in [-0.2, -0.15) is 0 Å². The van der Waals surface area contributed by atoms with E-state index < -0.39 is 5.97 Å². The highest BCUT2D eigenvalue weighted by Crippen LogP contribution is 2.34. The van der Waals surface area contributed by atoms with Crippen LogP contribution >= 0.6 is 11.3 Å². The van der Waals surface area contributed by atoms with Crippen LogP contribution in [0.2, 0.25) is 0 Å². The van der Waals surface area contributed by atoms with Crippen LogP contribution in [0.4, 0.5) is 0 Å². The molecule has 0 aliphatic carbocycles.